The third kappa shape index (κ3) is 6.41. The van der Waals surface area contributed by atoms with Gasteiger partial charge in [0.25, 0.3) is 5.91 Å². The number of ether oxygens (including phenoxy) is 1. The number of hydrogen-bond donors (Lipinski definition) is 1. The molecule has 0 radical (unpaired) electrons. The van der Waals surface area contributed by atoms with Crippen LogP contribution in [0.3, 0.4) is 0 Å². The predicted octanol–water partition coefficient (Wildman–Crippen LogP) is 4.82. The molecule has 1 N–H and O–H groups in total. The van der Waals surface area contributed by atoms with Crippen LogP contribution in [0.5, 0.6) is 5.75 Å². The van der Waals surface area contributed by atoms with Crippen LogP contribution < -0.4 is 10.1 Å². The smallest absolute Gasteiger partial charge is 0.257 e. The first-order valence-electron chi connectivity index (χ1n) is 9.33. The van der Waals surface area contributed by atoms with Crippen molar-refractivity contribution >= 4 is 17.7 Å². The molecule has 0 aliphatic heterocycles. The molecule has 0 unspecified atom stereocenters. The highest BCUT2D eigenvalue weighted by Crippen LogP contribution is 2.23. The van der Waals surface area contributed by atoms with Crippen LogP contribution in [0.2, 0.25) is 0 Å². The normalized spacial score (nSPS) is 10.2. The first kappa shape index (κ1) is 20.5. The fraction of sp³-hybridized carbons (Fsp3) is 0.167. The minimum absolute atomic E-state index is 0.00852. The van der Waals surface area contributed by atoms with Gasteiger partial charge < -0.3 is 10.1 Å². The fourth-order valence-electron chi connectivity index (χ4n) is 2.67. The van der Waals surface area contributed by atoms with Crippen molar-refractivity contribution < 1.29 is 9.53 Å². The third-order valence-electron chi connectivity index (χ3n) is 4.29. The Morgan fingerprint density at radius 3 is 2.21 bits per heavy atom. The highest BCUT2D eigenvalue weighted by Gasteiger charge is 2.04. The van der Waals surface area contributed by atoms with Gasteiger partial charge in [-0.25, -0.2) is 0 Å². The van der Waals surface area contributed by atoms with Crippen LogP contribution in [-0.2, 0) is 4.79 Å². The molecule has 4 nitrogen and oxygen atoms in total. The Morgan fingerprint density at radius 1 is 0.966 bits per heavy atom. The van der Waals surface area contributed by atoms with Crippen LogP contribution in [0.4, 0.5) is 0 Å². The summed E-state index contributed by atoms with van der Waals surface area (Å²) in [6.07, 6.45) is 0. The van der Waals surface area contributed by atoms with Gasteiger partial charge in [0.1, 0.15) is 5.75 Å². The number of nitrogens with one attached hydrogen (secondary N) is 1. The summed E-state index contributed by atoms with van der Waals surface area (Å²) in [7, 11) is 0. The van der Waals surface area contributed by atoms with Crippen molar-refractivity contribution in [2.24, 2.45) is 0 Å². The summed E-state index contributed by atoms with van der Waals surface area (Å²) in [5.41, 5.74) is 3.93. The summed E-state index contributed by atoms with van der Waals surface area (Å²) < 4.78 is 5.56. The number of thioether (sulfide) groups is 1. The van der Waals surface area contributed by atoms with Crippen LogP contribution in [0, 0.1) is 18.3 Å². The van der Waals surface area contributed by atoms with E-state index in [2.05, 4.69) is 42.6 Å². The summed E-state index contributed by atoms with van der Waals surface area (Å²) in [5, 5.41) is 11.7. The van der Waals surface area contributed by atoms with E-state index in [1.54, 1.807) is 23.9 Å². The number of nitrogens with zero attached hydrogens (tertiary/aromatic N) is 1. The molecule has 0 fully saturated rings. The number of rotatable bonds is 8. The molecule has 146 valence electrons. The summed E-state index contributed by atoms with van der Waals surface area (Å²) in [6, 6.07) is 25.4. The van der Waals surface area contributed by atoms with E-state index in [0.717, 1.165) is 16.9 Å². The lowest BCUT2D eigenvalue weighted by Crippen LogP contribution is -2.30. The monoisotopic (exact) mass is 402 g/mol. The third-order valence-corrected chi connectivity index (χ3v) is 5.30. The van der Waals surface area contributed by atoms with E-state index < -0.39 is 0 Å². The zero-order chi connectivity index (χ0) is 20.5. The molecule has 3 aromatic carbocycles. The number of carbonyl (C=O) groups is 1. The quantitative estimate of drug-likeness (QED) is 0.433. The molecule has 0 aliphatic rings. The van der Waals surface area contributed by atoms with E-state index in [1.807, 2.05) is 36.4 Å². The molecule has 0 saturated heterocycles. The first-order chi connectivity index (χ1) is 14.1. The van der Waals surface area contributed by atoms with Crippen molar-refractivity contribution in [3.8, 4) is 22.9 Å². The Labute approximate surface area is 175 Å². The molecule has 1 amide bonds. The summed E-state index contributed by atoms with van der Waals surface area (Å²) in [4.78, 5) is 13.1. The van der Waals surface area contributed by atoms with Crippen molar-refractivity contribution in [1.82, 2.24) is 5.32 Å². The van der Waals surface area contributed by atoms with Gasteiger partial charge in [-0.1, -0.05) is 42.0 Å². The van der Waals surface area contributed by atoms with Gasteiger partial charge in [0, 0.05) is 17.2 Å². The van der Waals surface area contributed by atoms with Gasteiger partial charge >= 0.3 is 0 Å². The molecule has 5 heteroatoms. The van der Waals surface area contributed by atoms with Crippen LogP contribution in [0.15, 0.2) is 77.7 Å². The molecule has 0 saturated carbocycles. The molecular formula is C24H22N2O2S. The van der Waals surface area contributed by atoms with Crippen molar-refractivity contribution in [2.75, 3.05) is 18.9 Å². The van der Waals surface area contributed by atoms with Crippen molar-refractivity contribution in [3.63, 3.8) is 0 Å². The summed E-state index contributed by atoms with van der Waals surface area (Å²) in [5.74, 6) is 1.32. The first-order valence-corrected chi connectivity index (χ1v) is 10.3. The standard InChI is InChI=1S/C24H22N2O2S/c1-18-2-12-23(13-3-18)29-15-14-26-24(27)17-28-22-10-8-21(9-11-22)20-6-4-19(16-25)5-7-20/h2-13H,14-15,17H2,1H3,(H,26,27). The van der Waals surface area contributed by atoms with Gasteiger partial charge in [-0.2, -0.15) is 5.26 Å². The van der Waals surface area contributed by atoms with E-state index in [1.165, 1.54) is 10.5 Å². The minimum Gasteiger partial charge on any atom is -0.484 e. The van der Waals surface area contributed by atoms with E-state index in [4.69, 9.17) is 10.00 Å². The van der Waals surface area contributed by atoms with E-state index in [0.29, 0.717) is 17.9 Å². The van der Waals surface area contributed by atoms with Crippen LogP contribution >= 0.6 is 11.8 Å². The highest BCUT2D eigenvalue weighted by atomic mass is 32.2. The number of nitriles is 1. The molecule has 0 heterocycles. The summed E-state index contributed by atoms with van der Waals surface area (Å²) in [6.45, 7) is 2.65. The molecule has 0 aromatic heterocycles. The van der Waals surface area contributed by atoms with Gasteiger partial charge in [-0.05, 0) is 54.4 Å². The van der Waals surface area contributed by atoms with Crippen molar-refractivity contribution in [3.05, 3.63) is 83.9 Å². The molecule has 3 rings (SSSR count). The van der Waals surface area contributed by atoms with Gasteiger partial charge in [-0.15, -0.1) is 11.8 Å². The zero-order valence-corrected chi connectivity index (χ0v) is 17.0. The second kappa shape index (κ2) is 10.4. The zero-order valence-electron chi connectivity index (χ0n) is 16.2. The average Bonchev–Trinajstić information content (AvgIpc) is 2.77. The maximum atomic E-state index is 11.9. The Hall–Kier alpha value is -3.23. The molecule has 29 heavy (non-hydrogen) atoms. The van der Waals surface area contributed by atoms with Crippen LogP contribution in [0.25, 0.3) is 11.1 Å². The van der Waals surface area contributed by atoms with Gasteiger partial charge in [0.15, 0.2) is 6.61 Å². The van der Waals surface area contributed by atoms with Gasteiger partial charge in [0.05, 0.1) is 11.6 Å². The van der Waals surface area contributed by atoms with E-state index >= 15 is 0 Å². The van der Waals surface area contributed by atoms with Crippen molar-refractivity contribution in [1.29, 1.82) is 5.26 Å². The van der Waals surface area contributed by atoms with Crippen molar-refractivity contribution in [2.45, 2.75) is 11.8 Å². The van der Waals surface area contributed by atoms with Gasteiger partial charge in [-0.3, -0.25) is 4.79 Å². The molecule has 0 spiro atoms. The molecule has 3 aromatic rings. The van der Waals surface area contributed by atoms with Crippen LogP contribution in [-0.4, -0.2) is 24.8 Å². The Morgan fingerprint density at radius 2 is 1.59 bits per heavy atom. The Balaban J connectivity index is 1.39. The largest absolute Gasteiger partial charge is 0.484 e. The Kier molecular flexibility index (Phi) is 7.32. The predicted molar refractivity (Wildman–Crippen MR) is 117 cm³/mol. The second-order valence-electron chi connectivity index (χ2n) is 6.51. The molecule has 0 bridgehead atoms. The second-order valence-corrected chi connectivity index (χ2v) is 7.68. The SMILES string of the molecule is Cc1ccc(SCCNC(=O)COc2ccc(-c3ccc(C#N)cc3)cc2)cc1. The molecular weight excluding hydrogens is 380 g/mol. The van der Waals surface area contributed by atoms with E-state index in [9.17, 15) is 4.79 Å². The minimum atomic E-state index is -0.134. The summed E-state index contributed by atoms with van der Waals surface area (Å²) >= 11 is 1.71. The lowest BCUT2D eigenvalue weighted by Gasteiger charge is -2.09. The number of carbonyl (C=O) groups excluding carboxylic acids is 1. The maximum Gasteiger partial charge on any atom is 0.257 e. The van der Waals surface area contributed by atoms with E-state index in [-0.39, 0.29) is 12.5 Å². The maximum absolute atomic E-state index is 11.9. The number of aryl methyl sites for hydroxylation is 1. The number of amides is 1. The lowest BCUT2D eigenvalue weighted by molar-refractivity contribution is -0.122. The van der Waals surface area contributed by atoms with Crippen LogP contribution in [0.1, 0.15) is 11.1 Å². The lowest BCUT2D eigenvalue weighted by atomic mass is 10.0. The topological polar surface area (TPSA) is 62.1 Å². The molecule has 0 atom stereocenters. The number of benzene rings is 3. The number of hydrogen-bond acceptors (Lipinski definition) is 4. The molecule has 0 aliphatic carbocycles. The average molecular weight is 403 g/mol. The highest BCUT2D eigenvalue weighted by molar-refractivity contribution is 7.99. The Bertz CT molecular complexity index is 975. The fourth-order valence-corrected chi connectivity index (χ4v) is 3.44. The van der Waals surface area contributed by atoms with Gasteiger partial charge in [0.2, 0.25) is 0 Å².